The average molecular weight is 301 g/mol. The first kappa shape index (κ1) is 10.6. The minimum atomic E-state index is -2.70. The van der Waals surface area contributed by atoms with Crippen molar-refractivity contribution in [3.8, 4) is 5.75 Å². The Kier molecular flexibility index (Phi) is 3.37. The third-order valence-corrected chi connectivity index (χ3v) is 2.69. The van der Waals surface area contributed by atoms with E-state index >= 15 is 0 Å². The second-order valence-electron chi connectivity index (χ2n) is 2.28. The van der Waals surface area contributed by atoms with Crippen molar-refractivity contribution in [2.75, 3.05) is 0 Å². The molecule has 3 nitrogen and oxygen atoms in total. The van der Waals surface area contributed by atoms with Crippen LogP contribution in [0.25, 0.3) is 0 Å². The van der Waals surface area contributed by atoms with Gasteiger partial charge in [0.05, 0.1) is 12.8 Å². The molecule has 1 aromatic heterocycles. The van der Waals surface area contributed by atoms with Gasteiger partial charge in [-0.2, -0.15) is 0 Å². The van der Waals surface area contributed by atoms with Crippen LogP contribution >= 0.6 is 22.6 Å². The fourth-order valence-corrected chi connectivity index (χ4v) is 1.66. The molecule has 2 N–H and O–H groups in total. The molecule has 0 unspecified atom stereocenters. The molecule has 0 radical (unpaired) electrons. The van der Waals surface area contributed by atoms with Crippen LogP contribution < -0.4 is 0 Å². The Morgan fingerprint density at radius 1 is 1.54 bits per heavy atom. The number of rotatable bonds is 2. The molecule has 0 atom stereocenters. The summed E-state index contributed by atoms with van der Waals surface area (Å²) in [5.74, 6) is -0.267. The van der Waals surface area contributed by atoms with Gasteiger partial charge in [0.2, 0.25) is 0 Å². The van der Waals surface area contributed by atoms with E-state index in [9.17, 15) is 8.78 Å². The minimum Gasteiger partial charge on any atom is -0.506 e. The number of halogens is 3. The number of nitrogens with zero attached hydrogens (tertiary/aromatic N) is 1. The van der Waals surface area contributed by atoms with E-state index in [0.29, 0.717) is 0 Å². The summed E-state index contributed by atoms with van der Waals surface area (Å²) >= 11 is 1.62. The molecule has 6 heteroatoms. The number of aromatic hydroxyl groups is 1. The largest absolute Gasteiger partial charge is 0.506 e. The predicted octanol–water partition coefficient (Wildman–Crippen LogP) is 1.82. The van der Waals surface area contributed by atoms with E-state index in [4.69, 9.17) is 10.2 Å². The van der Waals surface area contributed by atoms with E-state index in [1.54, 1.807) is 22.6 Å². The topological polar surface area (TPSA) is 53.4 Å². The van der Waals surface area contributed by atoms with Gasteiger partial charge in [0.1, 0.15) is 11.4 Å². The van der Waals surface area contributed by atoms with Crippen molar-refractivity contribution in [3.05, 3.63) is 21.0 Å². The van der Waals surface area contributed by atoms with Gasteiger partial charge in [-0.1, -0.05) is 0 Å². The molecule has 0 amide bonds. The van der Waals surface area contributed by atoms with Crippen molar-refractivity contribution in [2.24, 2.45) is 0 Å². The van der Waals surface area contributed by atoms with Crippen molar-refractivity contribution in [2.45, 2.75) is 13.0 Å². The van der Waals surface area contributed by atoms with Crippen molar-refractivity contribution >= 4 is 22.6 Å². The maximum atomic E-state index is 12.2. The number of pyridine rings is 1. The second kappa shape index (κ2) is 4.14. The van der Waals surface area contributed by atoms with E-state index in [2.05, 4.69) is 4.98 Å². The molecule has 0 aromatic carbocycles. The lowest BCUT2D eigenvalue weighted by Crippen LogP contribution is -1.99. The maximum Gasteiger partial charge on any atom is 0.281 e. The molecular weight excluding hydrogens is 295 g/mol. The van der Waals surface area contributed by atoms with Gasteiger partial charge in [-0.25, -0.2) is 8.78 Å². The fourth-order valence-electron chi connectivity index (χ4n) is 0.835. The Morgan fingerprint density at radius 2 is 2.15 bits per heavy atom. The molecule has 0 aliphatic heterocycles. The summed E-state index contributed by atoms with van der Waals surface area (Å²) in [7, 11) is 0. The van der Waals surface area contributed by atoms with Crippen LogP contribution in [0.5, 0.6) is 5.75 Å². The molecule has 0 aliphatic carbocycles. The Morgan fingerprint density at radius 3 is 2.62 bits per heavy atom. The highest BCUT2D eigenvalue weighted by Gasteiger charge is 2.18. The lowest BCUT2D eigenvalue weighted by molar-refractivity contribution is 0.144. The van der Waals surface area contributed by atoms with Crippen molar-refractivity contribution in [1.29, 1.82) is 0 Å². The number of aliphatic hydroxyl groups excluding tert-OH is 1. The van der Waals surface area contributed by atoms with E-state index in [1.807, 2.05) is 0 Å². The van der Waals surface area contributed by atoms with Crippen LogP contribution in [-0.4, -0.2) is 15.2 Å². The molecule has 0 spiro atoms. The molecule has 1 aromatic rings. The number of aromatic nitrogens is 1. The van der Waals surface area contributed by atoms with Gasteiger partial charge in [-0.15, -0.1) is 0 Å². The van der Waals surface area contributed by atoms with Crippen LogP contribution in [-0.2, 0) is 6.61 Å². The molecular formula is C7H6F2INO2. The summed E-state index contributed by atoms with van der Waals surface area (Å²) < 4.78 is 24.6. The number of alkyl halides is 2. The van der Waals surface area contributed by atoms with Crippen molar-refractivity contribution in [3.63, 3.8) is 0 Å². The van der Waals surface area contributed by atoms with Gasteiger partial charge in [0, 0.05) is 9.13 Å². The lowest BCUT2D eigenvalue weighted by atomic mass is 10.2. The van der Waals surface area contributed by atoms with Gasteiger partial charge in [-0.3, -0.25) is 4.98 Å². The molecule has 72 valence electrons. The maximum absolute atomic E-state index is 12.2. The lowest BCUT2D eigenvalue weighted by Gasteiger charge is -2.07. The number of hydrogen-bond donors (Lipinski definition) is 2. The SMILES string of the molecule is OCc1c(O)cnc(C(F)F)c1I. The third kappa shape index (κ3) is 2.05. The zero-order valence-corrected chi connectivity index (χ0v) is 8.49. The molecule has 0 fully saturated rings. The van der Waals surface area contributed by atoms with E-state index in [0.717, 1.165) is 6.20 Å². The summed E-state index contributed by atoms with van der Waals surface area (Å²) in [4.78, 5) is 3.37. The molecule has 1 heterocycles. The molecule has 0 bridgehead atoms. The van der Waals surface area contributed by atoms with E-state index in [1.165, 1.54) is 0 Å². The fraction of sp³-hybridized carbons (Fsp3) is 0.286. The van der Waals surface area contributed by atoms with Gasteiger partial charge >= 0.3 is 0 Å². The van der Waals surface area contributed by atoms with Gasteiger partial charge < -0.3 is 10.2 Å². The van der Waals surface area contributed by atoms with Crippen LogP contribution in [0.4, 0.5) is 8.78 Å². The highest BCUT2D eigenvalue weighted by Crippen LogP contribution is 2.29. The van der Waals surface area contributed by atoms with Gasteiger partial charge in [0.15, 0.2) is 0 Å². The quantitative estimate of drug-likeness (QED) is 0.819. The predicted molar refractivity (Wildman–Crippen MR) is 49.5 cm³/mol. The molecule has 1 rings (SSSR count). The van der Waals surface area contributed by atoms with Crippen LogP contribution in [0.15, 0.2) is 6.20 Å². The minimum absolute atomic E-state index is 0.0888. The summed E-state index contributed by atoms with van der Waals surface area (Å²) in [6.45, 7) is -0.480. The molecule has 13 heavy (non-hydrogen) atoms. The van der Waals surface area contributed by atoms with Gasteiger partial charge in [0.25, 0.3) is 6.43 Å². The van der Waals surface area contributed by atoms with Crippen LogP contribution in [0, 0.1) is 3.57 Å². The summed E-state index contributed by atoms with van der Waals surface area (Å²) in [5, 5.41) is 17.9. The highest BCUT2D eigenvalue weighted by molar-refractivity contribution is 14.1. The number of aliphatic hydroxyl groups is 1. The van der Waals surface area contributed by atoms with Gasteiger partial charge in [-0.05, 0) is 22.6 Å². The van der Waals surface area contributed by atoms with Crippen molar-refractivity contribution < 1.29 is 19.0 Å². The second-order valence-corrected chi connectivity index (χ2v) is 3.36. The van der Waals surface area contributed by atoms with Crippen LogP contribution in [0.2, 0.25) is 0 Å². The first-order valence-electron chi connectivity index (χ1n) is 3.33. The van der Waals surface area contributed by atoms with E-state index in [-0.39, 0.29) is 14.9 Å². The Balaban J connectivity index is 3.27. The molecule has 0 aliphatic rings. The number of hydrogen-bond acceptors (Lipinski definition) is 3. The van der Waals surface area contributed by atoms with Crippen LogP contribution in [0.3, 0.4) is 0 Å². The summed E-state index contributed by atoms with van der Waals surface area (Å²) in [6, 6.07) is 0. The third-order valence-electron chi connectivity index (χ3n) is 1.49. The Labute approximate surface area is 86.6 Å². The molecule has 0 saturated carbocycles. The Bertz CT molecular complexity index is 320. The highest BCUT2D eigenvalue weighted by atomic mass is 127. The monoisotopic (exact) mass is 301 g/mol. The smallest absolute Gasteiger partial charge is 0.281 e. The zero-order chi connectivity index (χ0) is 10.0. The Hall–Kier alpha value is -0.500. The standard InChI is InChI=1S/C7H6F2INO2/c8-7(9)6-5(10)3(2-12)4(13)1-11-6/h1,7,12-13H,2H2. The summed E-state index contributed by atoms with van der Waals surface area (Å²) in [5.41, 5.74) is -0.326. The van der Waals surface area contributed by atoms with Crippen molar-refractivity contribution in [1.82, 2.24) is 4.98 Å². The first-order valence-corrected chi connectivity index (χ1v) is 4.41. The normalized spacial score (nSPS) is 10.8. The average Bonchev–Trinajstić information content (AvgIpc) is 2.04. The first-order chi connectivity index (χ1) is 6.07. The van der Waals surface area contributed by atoms with E-state index < -0.39 is 18.7 Å². The van der Waals surface area contributed by atoms with Crippen LogP contribution in [0.1, 0.15) is 17.7 Å². The molecule has 0 saturated heterocycles. The zero-order valence-electron chi connectivity index (χ0n) is 6.34. The summed E-state index contributed by atoms with van der Waals surface area (Å²) in [6.07, 6.45) is -1.78.